The Hall–Kier alpha value is -4.51. The van der Waals surface area contributed by atoms with Crippen LogP contribution < -0.4 is 4.74 Å². The van der Waals surface area contributed by atoms with Gasteiger partial charge in [-0.15, -0.1) is 0 Å². The van der Waals surface area contributed by atoms with Crippen molar-refractivity contribution in [3.63, 3.8) is 0 Å². The van der Waals surface area contributed by atoms with Crippen LogP contribution in [0, 0.1) is 27.3 Å². The summed E-state index contributed by atoms with van der Waals surface area (Å²) in [7, 11) is 0. The molecule has 0 atom stereocenters. The molecule has 8 heteroatoms. The van der Waals surface area contributed by atoms with E-state index >= 15 is 0 Å². The molecule has 0 aliphatic carbocycles. The van der Waals surface area contributed by atoms with Crippen LogP contribution in [0.2, 0.25) is 0 Å². The summed E-state index contributed by atoms with van der Waals surface area (Å²) in [5.41, 5.74) is 0.0583. The van der Waals surface area contributed by atoms with Gasteiger partial charge in [0.05, 0.1) is 22.1 Å². The molecule has 0 amide bonds. The number of phenolic OH excluding ortho intramolecular Hbond substituents is 1. The number of ether oxygens (including phenoxy) is 1. The molecule has 3 aromatic carbocycles. The predicted octanol–water partition coefficient (Wildman–Crippen LogP) is 4.79. The molecule has 3 rings (SSSR count). The zero-order chi connectivity index (χ0) is 22.4. The highest BCUT2D eigenvalue weighted by Gasteiger charge is 2.30. The van der Waals surface area contributed by atoms with Gasteiger partial charge in [-0.1, -0.05) is 48.5 Å². The van der Waals surface area contributed by atoms with E-state index in [4.69, 9.17) is 10.00 Å². The molecule has 0 aliphatic rings. The van der Waals surface area contributed by atoms with Crippen LogP contribution >= 0.6 is 0 Å². The number of allylic oxidation sites excluding steroid dienone is 1. The molecular weight excluding hydrogens is 403 g/mol. The quantitative estimate of drug-likeness (QED) is 0.255. The van der Waals surface area contributed by atoms with Crippen molar-refractivity contribution in [1.82, 2.24) is 0 Å². The molecule has 7 nitrogen and oxygen atoms in total. The molecule has 0 heterocycles. The van der Waals surface area contributed by atoms with Gasteiger partial charge in [0.2, 0.25) is 11.5 Å². The molecule has 0 fully saturated rings. The second-order valence-corrected chi connectivity index (χ2v) is 6.40. The van der Waals surface area contributed by atoms with E-state index in [-0.39, 0.29) is 6.61 Å². The first-order valence-corrected chi connectivity index (χ1v) is 9.00. The lowest BCUT2D eigenvalue weighted by Gasteiger charge is -2.11. The van der Waals surface area contributed by atoms with E-state index < -0.39 is 39.3 Å². The Morgan fingerprint density at radius 2 is 1.87 bits per heavy atom. The molecule has 3 aromatic rings. The van der Waals surface area contributed by atoms with Gasteiger partial charge in [-0.05, 0) is 35.4 Å². The Morgan fingerprint density at radius 3 is 2.48 bits per heavy atom. The summed E-state index contributed by atoms with van der Waals surface area (Å²) in [6.07, 6.45) is 2.43. The van der Waals surface area contributed by atoms with E-state index in [9.17, 15) is 24.4 Å². The van der Waals surface area contributed by atoms with Crippen molar-refractivity contribution >= 4 is 17.5 Å². The number of aromatic hydroxyl groups is 1. The summed E-state index contributed by atoms with van der Waals surface area (Å²) in [6, 6.07) is 17.5. The Kier molecular flexibility index (Phi) is 6.38. The van der Waals surface area contributed by atoms with Crippen LogP contribution in [0.5, 0.6) is 11.5 Å². The van der Waals surface area contributed by atoms with Crippen molar-refractivity contribution in [3.8, 4) is 17.6 Å². The van der Waals surface area contributed by atoms with E-state index in [1.807, 2.05) is 6.07 Å². The Labute approximate surface area is 176 Å². The standard InChI is InChI=1S/C23H15FN2O5/c24-19-12-18(20(27)11-10-15-6-8-16(13-25)9-7-15)22(28)21(26(29)30)23(19)31-14-17-4-2-1-3-5-17/h1-12,28H,14H2/b11-10+. The van der Waals surface area contributed by atoms with Crippen LogP contribution in [-0.4, -0.2) is 15.8 Å². The summed E-state index contributed by atoms with van der Waals surface area (Å²) in [5, 5.41) is 30.6. The van der Waals surface area contributed by atoms with Crippen molar-refractivity contribution in [2.75, 3.05) is 0 Å². The van der Waals surface area contributed by atoms with Crippen molar-refractivity contribution in [2.24, 2.45) is 0 Å². The summed E-state index contributed by atoms with van der Waals surface area (Å²) in [6.45, 7) is -0.163. The van der Waals surface area contributed by atoms with Crippen LogP contribution in [0.1, 0.15) is 27.0 Å². The SMILES string of the molecule is N#Cc1ccc(/C=C/C(=O)c2cc(F)c(OCc3ccccc3)c([N+](=O)[O-])c2O)cc1. The summed E-state index contributed by atoms with van der Waals surface area (Å²) < 4.78 is 19.9. The second kappa shape index (κ2) is 9.33. The van der Waals surface area contributed by atoms with Crippen molar-refractivity contribution in [2.45, 2.75) is 6.61 Å². The van der Waals surface area contributed by atoms with Crippen LogP contribution in [0.3, 0.4) is 0 Å². The molecule has 0 radical (unpaired) electrons. The van der Waals surface area contributed by atoms with E-state index in [1.165, 1.54) is 6.08 Å². The lowest BCUT2D eigenvalue weighted by atomic mass is 10.1. The number of phenols is 1. The number of nitrogens with zero attached hydrogens (tertiary/aromatic N) is 2. The lowest BCUT2D eigenvalue weighted by Crippen LogP contribution is -2.05. The summed E-state index contributed by atoms with van der Waals surface area (Å²) in [5.74, 6) is -3.71. The monoisotopic (exact) mass is 418 g/mol. The van der Waals surface area contributed by atoms with Crippen molar-refractivity contribution in [1.29, 1.82) is 5.26 Å². The molecule has 0 aliphatic heterocycles. The highest BCUT2D eigenvalue weighted by atomic mass is 19.1. The molecule has 31 heavy (non-hydrogen) atoms. The number of nitro benzene ring substituents is 1. The number of nitriles is 1. The average molecular weight is 418 g/mol. The molecule has 1 N–H and O–H groups in total. The molecule has 0 saturated carbocycles. The summed E-state index contributed by atoms with van der Waals surface area (Å²) in [4.78, 5) is 22.9. The number of halogens is 1. The van der Waals surface area contributed by atoms with Crippen molar-refractivity contribution < 1.29 is 24.0 Å². The number of carbonyl (C=O) groups excluding carboxylic acids is 1. The minimum atomic E-state index is -1.14. The highest BCUT2D eigenvalue weighted by molar-refractivity contribution is 6.09. The van der Waals surface area contributed by atoms with Gasteiger partial charge in [0, 0.05) is 0 Å². The molecule has 0 unspecified atom stereocenters. The third kappa shape index (κ3) is 4.92. The second-order valence-electron chi connectivity index (χ2n) is 6.40. The number of rotatable bonds is 7. The van der Waals surface area contributed by atoms with E-state index in [2.05, 4.69) is 0 Å². The zero-order valence-electron chi connectivity index (χ0n) is 16.0. The summed E-state index contributed by atoms with van der Waals surface area (Å²) >= 11 is 0. The first-order valence-electron chi connectivity index (χ1n) is 9.00. The number of benzene rings is 3. The number of ketones is 1. The first-order chi connectivity index (χ1) is 14.9. The average Bonchev–Trinajstić information content (AvgIpc) is 2.78. The lowest BCUT2D eigenvalue weighted by molar-refractivity contribution is -0.387. The van der Waals surface area contributed by atoms with Crippen LogP contribution in [0.4, 0.5) is 10.1 Å². The molecule has 0 bridgehead atoms. The normalized spacial score (nSPS) is 10.6. The molecule has 154 valence electrons. The number of nitro groups is 1. The van der Waals surface area contributed by atoms with Crippen LogP contribution in [0.15, 0.2) is 66.7 Å². The highest BCUT2D eigenvalue weighted by Crippen LogP contribution is 2.41. The molecule has 0 spiro atoms. The topological polar surface area (TPSA) is 113 Å². The van der Waals surface area contributed by atoms with Crippen LogP contribution in [-0.2, 0) is 6.61 Å². The van der Waals surface area contributed by atoms with Gasteiger partial charge >= 0.3 is 5.69 Å². The van der Waals surface area contributed by atoms with E-state index in [0.717, 1.165) is 6.08 Å². The third-order valence-electron chi connectivity index (χ3n) is 4.32. The van der Waals surface area contributed by atoms with E-state index in [1.54, 1.807) is 54.6 Å². The van der Waals surface area contributed by atoms with Gasteiger partial charge in [0.25, 0.3) is 0 Å². The maximum atomic E-state index is 14.6. The number of hydrogen-bond acceptors (Lipinski definition) is 6. The number of hydrogen-bond donors (Lipinski definition) is 1. The van der Waals surface area contributed by atoms with Gasteiger partial charge in [-0.25, -0.2) is 4.39 Å². The fourth-order valence-electron chi connectivity index (χ4n) is 2.76. The van der Waals surface area contributed by atoms with Gasteiger partial charge in [0.15, 0.2) is 11.6 Å². The van der Waals surface area contributed by atoms with Crippen LogP contribution in [0.25, 0.3) is 6.08 Å². The fraction of sp³-hybridized carbons (Fsp3) is 0.0435. The smallest absolute Gasteiger partial charge is 0.356 e. The third-order valence-corrected chi connectivity index (χ3v) is 4.32. The van der Waals surface area contributed by atoms with Gasteiger partial charge < -0.3 is 9.84 Å². The maximum Gasteiger partial charge on any atom is 0.356 e. The Bertz CT molecular complexity index is 1200. The van der Waals surface area contributed by atoms with Gasteiger partial charge in [-0.3, -0.25) is 14.9 Å². The molecular formula is C23H15FN2O5. The van der Waals surface area contributed by atoms with Gasteiger partial charge in [-0.2, -0.15) is 5.26 Å². The predicted molar refractivity (Wildman–Crippen MR) is 110 cm³/mol. The minimum absolute atomic E-state index is 0.163. The largest absolute Gasteiger partial charge is 0.501 e. The Balaban J connectivity index is 1.90. The van der Waals surface area contributed by atoms with Crippen molar-refractivity contribution in [3.05, 3.63) is 105 Å². The van der Waals surface area contributed by atoms with E-state index in [0.29, 0.717) is 22.8 Å². The number of carbonyl (C=O) groups is 1. The fourth-order valence-corrected chi connectivity index (χ4v) is 2.76. The Morgan fingerprint density at radius 1 is 1.19 bits per heavy atom. The zero-order valence-corrected chi connectivity index (χ0v) is 16.0. The molecule has 0 saturated heterocycles. The minimum Gasteiger partial charge on any atom is -0.501 e. The first kappa shape index (κ1) is 21.2. The molecule has 0 aromatic heterocycles. The maximum absolute atomic E-state index is 14.6. The van der Waals surface area contributed by atoms with Gasteiger partial charge in [0.1, 0.15) is 6.61 Å².